The van der Waals surface area contributed by atoms with E-state index >= 15 is 0 Å². The third-order valence-electron chi connectivity index (χ3n) is 3.33. The first-order valence-corrected chi connectivity index (χ1v) is 8.92. The molecule has 0 aliphatic carbocycles. The van der Waals surface area contributed by atoms with Crippen LogP contribution in [0.2, 0.25) is 0 Å². The first kappa shape index (κ1) is 18.4. The molecule has 0 atom stereocenters. The summed E-state index contributed by atoms with van der Waals surface area (Å²) in [5, 5.41) is 18.3. The molecule has 0 saturated heterocycles. The van der Waals surface area contributed by atoms with Gasteiger partial charge in [-0.2, -0.15) is 0 Å². The summed E-state index contributed by atoms with van der Waals surface area (Å²) in [4.78, 5) is 10.8. The van der Waals surface area contributed by atoms with E-state index in [9.17, 15) is 18.3 Å². The van der Waals surface area contributed by atoms with E-state index in [4.69, 9.17) is 5.11 Å². The predicted octanol–water partition coefficient (Wildman–Crippen LogP) is 2.73. The van der Waals surface area contributed by atoms with Gasteiger partial charge in [0.1, 0.15) is 11.3 Å². The van der Waals surface area contributed by atoms with Crippen LogP contribution in [0.25, 0.3) is 0 Å². The molecule has 0 spiro atoms. The maximum Gasteiger partial charge on any atom is 0.339 e. The average molecular weight is 329 g/mol. The lowest BCUT2D eigenvalue weighted by atomic mass is 10.1. The molecule has 3 N–H and O–H groups in total. The van der Waals surface area contributed by atoms with Crippen molar-refractivity contribution in [1.82, 2.24) is 4.72 Å². The quantitative estimate of drug-likeness (QED) is 0.573. The molecule has 0 saturated carbocycles. The van der Waals surface area contributed by atoms with Crippen molar-refractivity contribution in [2.75, 3.05) is 6.54 Å². The molecule has 0 aliphatic rings. The first-order valence-electron chi connectivity index (χ1n) is 7.44. The Morgan fingerprint density at radius 3 is 2.41 bits per heavy atom. The fourth-order valence-corrected chi connectivity index (χ4v) is 3.15. The Balaban J connectivity index is 2.56. The molecule has 6 nitrogen and oxygen atoms in total. The van der Waals surface area contributed by atoms with Gasteiger partial charge in [-0.3, -0.25) is 0 Å². The van der Waals surface area contributed by atoms with E-state index in [0.29, 0.717) is 6.54 Å². The third kappa shape index (κ3) is 5.65. The lowest BCUT2D eigenvalue weighted by Crippen LogP contribution is -2.25. The number of carbonyl (C=O) groups is 1. The van der Waals surface area contributed by atoms with Crippen LogP contribution in [0.1, 0.15) is 55.8 Å². The minimum absolute atomic E-state index is 0.159. The molecule has 0 amide bonds. The molecule has 1 aromatic carbocycles. The van der Waals surface area contributed by atoms with Crippen molar-refractivity contribution >= 4 is 16.0 Å². The lowest BCUT2D eigenvalue weighted by Gasteiger charge is -2.08. The second kappa shape index (κ2) is 8.75. The van der Waals surface area contributed by atoms with Crippen LogP contribution in [0, 0.1) is 0 Å². The Labute approximate surface area is 131 Å². The Kier molecular flexibility index (Phi) is 7.34. The highest BCUT2D eigenvalue weighted by atomic mass is 32.2. The van der Waals surface area contributed by atoms with Gasteiger partial charge in [-0.1, -0.05) is 39.0 Å². The van der Waals surface area contributed by atoms with Crippen molar-refractivity contribution in [2.45, 2.75) is 50.3 Å². The number of rotatable bonds is 10. The van der Waals surface area contributed by atoms with Crippen molar-refractivity contribution in [3.8, 4) is 5.75 Å². The number of carboxylic acids is 1. The van der Waals surface area contributed by atoms with Crippen LogP contribution in [0.15, 0.2) is 23.1 Å². The molecular formula is C15H23NO5S. The van der Waals surface area contributed by atoms with Gasteiger partial charge in [-0.15, -0.1) is 0 Å². The van der Waals surface area contributed by atoms with Crippen LogP contribution < -0.4 is 4.72 Å². The van der Waals surface area contributed by atoms with Crippen LogP contribution in [-0.4, -0.2) is 31.1 Å². The van der Waals surface area contributed by atoms with E-state index < -0.39 is 27.3 Å². The highest BCUT2D eigenvalue weighted by Gasteiger charge is 2.18. The number of hydrogen-bond donors (Lipinski definition) is 3. The number of carboxylic acid groups (broad SMARTS) is 1. The molecular weight excluding hydrogens is 306 g/mol. The van der Waals surface area contributed by atoms with Crippen LogP contribution in [0.5, 0.6) is 5.75 Å². The summed E-state index contributed by atoms with van der Waals surface area (Å²) < 4.78 is 26.6. The highest BCUT2D eigenvalue weighted by Crippen LogP contribution is 2.21. The molecule has 1 rings (SSSR count). The molecule has 0 unspecified atom stereocenters. The normalized spacial score (nSPS) is 11.5. The SMILES string of the molecule is CCCCCCCCNS(=O)(=O)c1ccc(O)c(C(=O)O)c1. The van der Waals surface area contributed by atoms with Crippen LogP contribution in [0.4, 0.5) is 0 Å². The number of nitrogens with one attached hydrogen (secondary N) is 1. The zero-order valence-corrected chi connectivity index (χ0v) is 13.5. The fraction of sp³-hybridized carbons (Fsp3) is 0.533. The molecule has 0 fully saturated rings. The molecule has 0 bridgehead atoms. The molecule has 124 valence electrons. The Hall–Kier alpha value is -1.60. The number of unbranched alkanes of at least 4 members (excludes halogenated alkanes) is 5. The maximum absolute atomic E-state index is 12.1. The van der Waals surface area contributed by atoms with Crippen molar-refractivity contribution in [3.05, 3.63) is 23.8 Å². The smallest absolute Gasteiger partial charge is 0.339 e. The van der Waals surface area contributed by atoms with E-state index in [1.54, 1.807) is 0 Å². The van der Waals surface area contributed by atoms with Gasteiger partial charge < -0.3 is 10.2 Å². The monoisotopic (exact) mass is 329 g/mol. The summed E-state index contributed by atoms with van der Waals surface area (Å²) in [5.41, 5.74) is -0.428. The number of phenols is 1. The predicted molar refractivity (Wildman–Crippen MR) is 83.6 cm³/mol. The number of sulfonamides is 1. The summed E-state index contributed by atoms with van der Waals surface area (Å²) in [7, 11) is -3.75. The van der Waals surface area contributed by atoms with E-state index in [1.165, 1.54) is 18.9 Å². The third-order valence-corrected chi connectivity index (χ3v) is 4.79. The van der Waals surface area contributed by atoms with Crippen molar-refractivity contribution in [2.24, 2.45) is 0 Å². The minimum atomic E-state index is -3.75. The second-order valence-corrected chi connectivity index (χ2v) is 6.92. The standard InChI is InChI=1S/C15H23NO5S/c1-2-3-4-5-6-7-10-16-22(20,21)12-8-9-14(17)13(11-12)15(18)19/h8-9,11,16-17H,2-7,10H2,1H3,(H,18,19). The lowest BCUT2D eigenvalue weighted by molar-refractivity contribution is 0.0693. The van der Waals surface area contributed by atoms with Crippen LogP contribution in [0.3, 0.4) is 0 Å². The van der Waals surface area contributed by atoms with E-state index in [0.717, 1.165) is 37.8 Å². The highest BCUT2D eigenvalue weighted by molar-refractivity contribution is 7.89. The van der Waals surface area contributed by atoms with Gasteiger partial charge >= 0.3 is 5.97 Å². The molecule has 0 radical (unpaired) electrons. The van der Waals surface area contributed by atoms with Crippen molar-refractivity contribution < 1.29 is 23.4 Å². The van der Waals surface area contributed by atoms with Gasteiger partial charge in [-0.05, 0) is 24.6 Å². The molecule has 0 aliphatic heterocycles. The van der Waals surface area contributed by atoms with Crippen LogP contribution in [-0.2, 0) is 10.0 Å². The van der Waals surface area contributed by atoms with E-state index in [2.05, 4.69) is 11.6 Å². The molecule has 1 aromatic rings. The van der Waals surface area contributed by atoms with Gasteiger partial charge in [-0.25, -0.2) is 17.9 Å². The fourth-order valence-electron chi connectivity index (χ4n) is 2.05. The first-order chi connectivity index (χ1) is 10.4. The Morgan fingerprint density at radius 1 is 1.14 bits per heavy atom. The zero-order chi connectivity index (χ0) is 16.6. The van der Waals surface area contributed by atoms with Crippen molar-refractivity contribution in [3.63, 3.8) is 0 Å². The molecule has 22 heavy (non-hydrogen) atoms. The van der Waals surface area contributed by atoms with Gasteiger partial charge in [0.2, 0.25) is 10.0 Å². The average Bonchev–Trinajstić information content (AvgIpc) is 2.46. The largest absolute Gasteiger partial charge is 0.507 e. The maximum atomic E-state index is 12.1. The molecule has 0 heterocycles. The summed E-state index contributed by atoms with van der Waals surface area (Å²) >= 11 is 0. The topological polar surface area (TPSA) is 104 Å². The number of aromatic hydroxyl groups is 1. The van der Waals surface area contributed by atoms with E-state index in [1.807, 2.05) is 0 Å². The molecule has 0 aromatic heterocycles. The van der Waals surface area contributed by atoms with E-state index in [-0.39, 0.29) is 4.90 Å². The summed E-state index contributed by atoms with van der Waals surface area (Å²) in [6, 6.07) is 3.22. The Morgan fingerprint density at radius 2 is 1.77 bits per heavy atom. The second-order valence-electron chi connectivity index (χ2n) is 5.15. The van der Waals surface area contributed by atoms with Gasteiger partial charge in [0.15, 0.2) is 0 Å². The number of aromatic carboxylic acids is 1. The van der Waals surface area contributed by atoms with Gasteiger partial charge in [0, 0.05) is 6.54 Å². The van der Waals surface area contributed by atoms with Crippen LogP contribution >= 0.6 is 0 Å². The Bertz CT molecular complexity index is 598. The summed E-state index contributed by atoms with van der Waals surface area (Å²) in [6.45, 7) is 2.45. The number of hydrogen-bond acceptors (Lipinski definition) is 4. The summed E-state index contributed by atoms with van der Waals surface area (Å²) in [6.07, 6.45) is 6.29. The van der Waals surface area contributed by atoms with Crippen molar-refractivity contribution in [1.29, 1.82) is 0 Å². The summed E-state index contributed by atoms with van der Waals surface area (Å²) in [5.74, 6) is -1.83. The van der Waals surface area contributed by atoms with Gasteiger partial charge in [0.25, 0.3) is 0 Å². The molecule has 7 heteroatoms. The zero-order valence-electron chi connectivity index (χ0n) is 12.7. The number of benzene rings is 1. The minimum Gasteiger partial charge on any atom is -0.507 e. The van der Waals surface area contributed by atoms with Gasteiger partial charge in [0.05, 0.1) is 4.90 Å².